The van der Waals surface area contributed by atoms with Crippen molar-refractivity contribution in [3.8, 4) is 0 Å². The summed E-state index contributed by atoms with van der Waals surface area (Å²) in [5, 5.41) is -3.46. The fourth-order valence-electron chi connectivity index (χ4n) is 0.662. The van der Waals surface area contributed by atoms with Gasteiger partial charge in [-0.05, 0) is 13.8 Å². The molecule has 0 radical (unpaired) electrons. The Labute approximate surface area is 77.8 Å². The van der Waals surface area contributed by atoms with E-state index in [4.69, 9.17) is 0 Å². The molecule has 0 atom stereocenters. The van der Waals surface area contributed by atoms with Crippen molar-refractivity contribution in [1.29, 1.82) is 0 Å². The number of hydrogen-bond acceptors (Lipinski definition) is 4. The molecule has 0 bridgehead atoms. The maximum Gasteiger partial charge on any atom is 0.309 e. The molecule has 0 aromatic carbocycles. The van der Waals surface area contributed by atoms with Crippen molar-refractivity contribution in [3.63, 3.8) is 0 Å². The molecule has 14 heavy (non-hydrogen) atoms. The summed E-state index contributed by atoms with van der Waals surface area (Å²) in [5.41, 5.74) is -2.95. The van der Waals surface area contributed by atoms with Gasteiger partial charge in [-0.25, -0.2) is 0 Å². The highest BCUT2D eigenvalue weighted by atomic mass is 19.4. The van der Waals surface area contributed by atoms with E-state index in [-0.39, 0.29) is 6.61 Å². The summed E-state index contributed by atoms with van der Waals surface area (Å²) < 4.78 is 52.4. The van der Waals surface area contributed by atoms with Gasteiger partial charge in [0.05, 0.1) is 13.0 Å². The molecule has 0 saturated carbocycles. The van der Waals surface area contributed by atoms with Crippen molar-refractivity contribution in [2.45, 2.75) is 25.9 Å². The van der Waals surface area contributed by atoms with Crippen LogP contribution in [0.25, 0.3) is 0 Å². The molecule has 84 valence electrons. The second kappa shape index (κ2) is 5.11. The van der Waals surface area contributed by atoms with Crippen molar-refractivity contribution < 1.29 is 27.5 Å². The van der Waals surface area contributed by atoms with E-state index in [2.05, 4.69) is 4.74 Å². The summed E-state index contributed by atoms with van der Waals surface area (Å²) in [4.78, 5) is 10.7. The van der Waals surface area contributed by atoms with E-state index < -0.39 is 28.7 Å². The highest BCUT2D eigenvalue weighted by Crippen LogP contribution is 2.26. The van der Waals surface area contributed by atoms with Crippen molar-refractivity contribution in [2.75, 3.05) is 6.61 Å². The van der Waals surface area contributed by atoms with Crippen molar-refractivity contribution >= 4 is 5.97 Å². The van der Waals surface area contributed by atoms with Crippen LogP contribution in [-0.4, -0.2) is 28.9 Å². The average molecular weight is 218 g/mol. The molecule has 0 heterocycles. The van der Waals surface area contributed by atoms with Crippen molar-refractivity contribution in [3.05, 3.63) is 0 Å². The average Bonchev–Trinajstić information content (AvgIpc) is 2.03. The molecule has 4 nitrogen and oxygen atoms in total. The van der Waals surface area contributed by atoms with E-state index in [1.165, 1.54) is 6.92 Å². The molecule has 0 spiro atoms. The first kappa shape index (κ1) is 13.1. The number of halogens is 4. The van der Waals surface area contributed by atoms with Gasteiger partial charge >= 0.3 is 5.97 Å². The van der Waals surface area contributed by atoms with Gasteiger partial charge in [-0.3, -0.25) is 4.79 Å². The normalized spacial score (nSPS) is 12.3. The highest BCUT2D eigenvalue weighted by Gasteiger charge is 2.45. The van der Waals surface area contributed by atoms with Gasteiger partial charge in [0.15, 0.2) is 0 Å². The first-order valence-electron chi connectivity index (χ1n) is 3.73. The summed E-state index contributed by atoms with van der Waals surface area (Å²) in [7, 11) is 0. The molecule has 0 aromatic rings. The van der Waals surface area contributed by atoms with Gasteiger partial charge in [0.25, 0.3) is 0 Å². The molecule has 8 heteroatoms. The van der Waals surface area contributed by atoms with Gasteiger partial charge in [0.1, 0.15) is 0 Å². The fourth-order valence-corrected chi connectivity index (χ4v) is 0.662. The van der Waals surface area contributed by atoms with Crippen LogP contribution in [0, 0.1) is 0 Å². The molecule has 0 amide bonds. The predicted molar refractivity (Wildman–Crippen MR) is 37.8 cm³/mol. The van der Waals surface area contributed by atoms with Gasteiger partial charge < -0.3 is 4.74 Å². The van der Waals surface area contributed by atoms with Crippen LogP contribution in [0.2, 0.25) is 0 Å². The van der Waals surface area contributed by atoms with E-state index >= 15 is 0 Å². The van der Waals surface area contributed by atoms with Gasteiger partial charge in [0, 0.05) is 10.7 Å². The van der Waals surface area contributed by atoms with E-state index in [9.17, 15) is 22.7 Å². The Morgan fingerprint density at radius 2 is 1.71 bits per heavy atom. The summed E-state index contributed by atoms with van der Waals surface area (Å²) in [6.07, 6.45) is -1.12. The molecule has 0 rings (SSSR count). The zero-order chi connectivity index (χ0) is 11.4. The summed E-state index contributed by atoms with van der Waals surface area (Å²) in [6, 6.07) is 0. The lowest BCUT2D eigenvalue weighted by Gasteiger charge is -2.27. The highest BCUT2D eigenvalue weighted by molar-refractivity contribution is 5.70. The van der Waals surface area contributed by atoms with E-state index in [1.807, 2.05) is 0 Å². The number of hydrogen-bond donors (Lipinski definition) is 0. The van der Waals surface area contributed by atoms with Crippen LogP contribution in [-0.2, 0) is 9.53 Å². The zero-order valence-electron chi connectivity index (χ0n) is 7.64. The number of ether oxygens (including phenoxy) is 1. The maximum absolute atomic E-state index is 12.0. The van der Waals surface area contributed by atoms with Crippen LogP contribution in [0.3, 0.4) is 0 Å². The van der Waals surface area contributed by atoms with Crippen LogP contribution in [0.5, 0.6) is 0 Å². The predicted octanol–water partition coefficient (Wildman–Crippen LogP) is 1.80. The van der Waals surface area contributed by atoms with Crippen LogP contribution in [0.15, 0.2) is 0 Å². The van der Waals surface area contributed by atoms with E-state index in [0.717, 1.165) is 0 Å². The Bertz CT molecular complexity index is 192. The number of carbonyl (C=O) groups excluding carboxylic acids is 1. The molecular weight excluding hydrogens is 208 g/mol. The van der Waals surface area contributed by atoms with Gasteiger partial charge in [0.2, 0.25) is 5.66 Å². The Hall–Kier alpha value is -0.890. The first-order chi connectivity index (χ1) is 6.34. The van der Waals surface area contributed by atoms with Gasteiger partial charge in [-0.1, -0.05) is 17.9 Å². The second-order valence-corrected chi connectivity index (χ2v) is 2.66. The lowest BCUT2D eigenvalue weighted by atomic mass is 10.1. The monoisotopic (exact) mass is 218 g/mol. The number of carbonyl (C=O) groups is 1. The molecule has 0 aromatic heterocycles. The van der Waals surface area contributed by atoms with E-state index in [1.54, 1.807) is 0 Å². The lowest BCUT2D eigenvalue weighted by molar-refractivity contribution is -0.365. The lowest BCUT2D eigenvalue weighted by Crippen LogP contribution is -2.47. The van der Waals surface area contributed by atoms with Crippen LogP contribution in [0.1, 0.15) is 20.3 Å². The van der Waals surface area contributed by atoms with Gasteiger partial charge in [-0.2, -0.15) is 0 Å². The molecule has 0 fully saturated rings. The molecule has 0 aliphatic carbocycles. The third kappa shape index (κ3) is 3.11. The smallest absolute Gasteiger partial charge is 0.309 e. The van der Waals surface area contributed by atoms with Crippen LogP contribution in [0.4, 0.5) is 17.9 Å². The number of esters is 1. The minimum atomic E-state index is -2.95. The van der Waals surface area contributed by atoms with Crippen molar-refractivity contribution in [2.24, 2.45) is 0 Å². The molecule has 0 aliphatic rings. The Morgan fingerprint density at radius 1 is 1.29 bits per heavy atom. The van der Waals surface area contributed by atoms with Crippen LogP contribution < -0.4 is 0 Å². The Balaban J connectivity index is 4.45. The Kier molecular flexibility index (Phi) is 4.78. The molecule has 0 N–H and O–H groups in total. The number of rotatable bonds is 5. The van der Waals surface area contributed by atoms with E-state index in [0.29, 0.717) is 6.92 Å². The second-order valence-electron chi connectivity index (χ2n) is 2.66. The number of nitrogens with zero attached hydrogens (tertiary/aromatic N) is 2. The van der Waals surface area contributed by atoms with Crippen molar-refractivity contribution in [1.82, 2.24) is 10.7 Å². The summed E-state index contributed by atoms with van der Waals surface area (Å²) in [6.45, 7) is 1.91. The third-order valence-corrected chi connectivity index (χ3v) is 1.51. The fraction of sp³-hybridized carbons (Fsp3) is 0.833. The molecule has 0 unspecified atom stereocenters. The van der Waals surface area contributed by atoms with Gasteiger partial charge in [-0.15, -0.1) is 0 Å². The third-order valence-electron chi connectivity index (χ3n) is 1.51. The quantitative estimate of drug-likeness (QED) is 0.305. The first-order valence-corrected chi connectivity index (χ1v) is 3.73. The largest absolute Gasteiger partial charge is 0.466 e. The minimum absolute atomic E-state index is 0.0495. The minimum Gasteiger partial charge on any atom is -0.466 e. The topological polar surface area (TPSA) is 32.8 Å². The SMILES string of the molecule is CCOC(=O)CC(C)(N(F)F)N(F)F. The molecule has 0 saturated heterocycles. The summed E-state index contributed by atoms with van der Waals surface area (Å²) in [5.74, 6) is -1.12. The zero-order valence-corrected chi connectivity index (χ0v) is 7.64. The van der Waals surface area contributed by atoms with Crippen LogP contribution >= 0.6 is 0 Å². The molecule has 0 aliphatic heterocycles. The molecular formula is C6H10F4N2O2. The maximum atomic E-state index is 12.0. The summed E-state index contributed by atoms with van der Waals surface area (Å²) >= 11 is 0. The standard InChI is InChI=1S/C6H10F4N2O2/c1-3-14-5(13)4-6(2,11(7)8)12(9)10/h3-4H2,1-2H3. The Morgan fingerprint density at radius 3 is 2.00 bits per heavy atom.